The van der Waals surface area contributed by atoms with Crippen molar-refractivity contribution in [2.24, 2.45) is 4.99 Å². The molecule has 0 saturated carbocycles. The number of hydrogen-bond donors (Lipinski definition) is 0. The number of aromatic nitrogens is 1. The summed E-state index contributed by atoms with van der Waals surface area (Å²) in [7, 11) is 1.52. The molecular formula is C31H25Cl3N2O5S. The fourth-order valence-electron chi connectivity index (χ4n) is 4.60. The molecule has 0 bridgehead atoms. The van der Waals surface area contributed by atoms with Crippen molar-refractivity contribution in [3.05, 3.63) is 123 Å². The molecule has 0 unspecified atom stereocenters. The lowest BCUT2D eigenvalue weighted by Crippen LogP contribution is -2.39. The summed E-state index contributed by atoms with van der Waals surface area (Å²) in [6, 6.07) is 17.0. The number of hydrogen-bond acceptors (Lipinski definition) is 7. The Labute approximate surface area is 260 Å². The van der Waals surface area contributed by atoms with E-state index in [4.69, 9.17) is 49.0 Å². The molecule has 0 radical (unpaired) electrons. The van der Waals surface area contributed by atoms with Gasteiger partial charge in [0.1, 0.15) is 6.61 Å². The zero-order valence-corrected chi connectivity index (χ0v) is 25.9. The van der Waals surface area contributed by atoms with Crippen molar-refractivity contribution in [3.8, 4) is 11.5 Å². The highest BCUT2D eigenvalue weighted by Crippen LogP contribution is 2.37. The van der Waals surface area contributed by atoms with Gasteiger partial charge in [0.05, 0.1) is 40.6 Å². The highest BCUT2D eigenvalue weighted by atomic mass is 35.5. The van der Waals surface area contributed by atoms with Crippen LogP contribution in [-0.2, 0) is 16.1 Å². The van der Waals surface area contributed by atoms with E-state index >= 15 is 0 Å². The maximum atomic E-state index is 13.9. The quantitative estimate of drug-likeness (QED) is 0.209. The van der Waals surface area contributed by atoms with E-state index in [0.717, 1.165) is 5.56 Å². The number of benzene rings is 3. The summed E-state index contributed by atoms with van der Waals surface area (Å²) in [5, 5.41) is 1.49. The largest absolute Gasteiger partial charge is 0.493 e. The first-order chi connectivity index (χ1) is 20.2. The van der Waals surface area contributed by atoms with E-state index in [-0.39, 0.29) is 18.8 Å². The van der Waals surface area contributed by atoms with Gasteiger partial charge in [0.15, 0.2) is 16.3 Å². The molecule has 1 aliphatic heterocycles. The topological polar surface area (TPSA) is 79.1 Å². The van der Waals surface area contributed by atoms with E-state index in [2.05, 4.69) is 4.99 Å². The monoisotopic (exact) mass is 642 g/mol. The van der Waals surface area contributed by atoms with E-state index in [1.165, 1.54) is 23.0 Å². The number of esters is 1. The van der Waals surface area contributed by atoms with Crippen LogP contribution in [-0.4, -0.2) is 24.3 Å². The zero-order valence-electron chi connectivity index (χ0n) is 22.8. The molecular weight excluding hydrogens is 619 g/mol. The summed E-state index contributed by atoms with van der Waals surface area (Å²) in [6.45, 7) is 3.92. The van der Waals surface area contributed by atoms with E-state index in [9.17, 15) is 9.59 Å². The van der Waals surface area contributed by atoms with E-state index in [0.29, 0.717) is 58.3 Å². The Morgan fingerprint density at radius 1 is 1.05 bits per heavy atom. The molecule has 1 aliphatic rings. The van der Waals surface area contributed by atoms with Gasteiger partial charge in [0, 0.05) is 10.0 Å². The molecule has 0 amide bonds. The van der Waals surface area contributed by atoms with Crippen LogP contribution in [0.25, 0.3) is 6.08 Å². The molecule has 4 aromatic rings. The minimum atomic E-state index is -0.735. The van der Waals surface area contributed by atoms with Gasteiger partial charge >= 0.3 is 5.97 Å². The van der Waals surface area contributed by atoms with E-state index < -0.39 is 12.0 Å². The molecule has 7 nitrogen and oxygen atoms in total. The lowest BCUT2D eigenvalue weighted by molar-refractivity contribution is -0.139. The van der Waals surface area contributed by atoms with Crippen LogP contribution < -0.4 is 24.4 Å². The second-order valence-electron chi connectivity index (χ2n) is 9.30. The summed E-state index contributed by atoms with van der Waals surface area (Å²) in [6.07, 6.45) is 1.71. The van der Waals surface area contributed by atoms with Gasteiger partial charge in [-0.25, -0.2) is 9.79 Å². The number of fused-ring (bicyclic) bond motifs is 1. The van der Waals surface area contributed by atoms with E-state index in [1.54, 1.807) is 68.5 Å². The summed E-state index contributed by atoms with van der Waals surface area (Å²) in [4.78, 5) is 32.0. The normalized spacial score (nSPS) is 14.8. The third-order valence-corrected chi connectivity index (χ3v) is 8.32. The van der Waals surface area contributed by atoms with E-state index in [1.807, 2.05) is 12.1 Å². The van der Waals surface area contributed by atoms with Gasteiger partial charge in [0.2, 0.25) is 0 Å². The van der Waals surface area contributed by atoms with Gasteiger partial charge < -0.3 is 14.2 Å². The fraction of sp³-hybridized carbons (Fsp3) is 0.194. The Bertz CT molecular complexity index is 1860. The first-order valence-corrected chi connectivity index (χ1v) is 14.8. The lowest BCUT2D eigenvalue weighted by Gasteiger charge is -2.24. The highest BCUT2D eigenvalue weighted by Gasteiger charge is 2.33. The summed E-state index contributed by atoms with van der Waals surface area (Å²) < 4.78 is 18.8. The summed E-state index contributed by atoms with van der Waals surface area (Å²) >= 11 is 19.9. The van der Waals surface area contributed by atoms with Gasteiger partial charge in [-0.05, 0) is 73.0 Å². The molecule has 1 atom stereocenters. The lowest BCUT2D eigenvalue weighted by atomic mass is 9.96. The standard InChI is InChI=1S/C31H25Cl3N2O5S/c1-4-40-30(38)26-17(2)35-31-36(27(26)20-7-11-22(33)12-8-20)29(37)25(42-31)15-19-13-23(34)28(24(14-19)39-3)41-16-18-5-9-21(32)10-6-18/h5-15,27H,4,16H2,1-3H3/b25-15-/t27-/m1/s1. The number of allylic oxidation sites excluding steroid dienone is 1. The number of nitrogens with zero attached hydrogens (tertiary/aromatic N) is 2. The maximum Gasteiger partial charge on any atom is 0.338 e. The van der Waals surface area contributed by atoms with Crippen LogP contribution >= 0.6 is 46.1 Å². The Balaban J connectivity index is 1.56. The Morgan fingerprint density at radius 2 is 1.71 bits per heavy atom. The SMILES string of the molecule is CCOC(=O)C1=C(C)N=c2s/c(=C\c3cc(Cl)c(OCc4ccc(Cl)cc4)c(OC)c3)c(=O)n2[C@@H]1c1ccc(Cl)cc1. The molecule has 3 aromatic carbocycles. The number of ether oxygens (including phenoxy) is 3. The maximum absolute atomic E-state index is 13.9. The van der Waals surface area contributed by atoms with Crippen LogP contribution in [0.4, 0.5) is 0 Å². The first kappa shape index (κ1) is 29.9. The molecule has 0 spiro atoms. The number of methoxy groups -OCH3 is 1. The average molecular weight is 644 g/mol. The molecule has 1 aromatic heterocycles. The summed E-state index contributed by atoms with van der Waals surface area (Å²) in [5.74, 6) is 0.263. The van der Waals surface area contributed by atoms with Crippen LogP contribution in [0.2, 0.25) is 15.1 Å². The van der Waals surface area contributed by atoms with Crippen molar-refractivity contribution >= 4 is 58.2 Å². The Morgan fingerprint density at radius 3 is 2.36 bits per heavy atom. The highest BCUT2D eigenvalue weighted by molar-refractivity contribution is 7.07. The number of carbonyl (C=O) groups excluding carboxylic acids is 1. The van der Waals surface area contributed by atoms with Gasteiger partial charge in [-0.1, -0.05) is 70.4 Å². The predicted octanol–water partition coefficient (Wildman–Crippen LogP) is 6.35. The van der Waals surface area contributed by atoms with Gasteiger partial charge in [0.25, 0.3) is 5.56 Å². The fourth-order valence-corrected chi connectivity index (χ4v) is 6.17. The van der Waals surface area contributed by atoms with Crippen molar-refractivity contribution in [3.63, 3.8) is 0 Å². The Hall–Kier alpha value is -3.56. The van der Waals surface area contributed by atoms with Crippen LogP contribution in [0, 0.1) is 0 Å². The van der Waals surface area contributed by atoms with Crippen LogP contribution in [0.15, 0.2) is 81.7 Å². The summed E-state index contributed by atoms with van der Waals surface area (Å²) in [5.41, 5.74) is 2.71. The molecule has 11 heteroatoms. The Kier molecular flexibility index (Phi) is 9.08. The third kappa shape index (κ3) is 6.13. The minimum Gasteiger partial charge on any atom is -0.493 e. The second-order valence-corrected chi connectivity index (χ2v) is 11.6. The molecule has 0 N–H and O–H groups in total. The van der Waals surface area contributed by atoms with Crippen LogP contribution in [0.5, 0.6) is 11.5 Å². The molecule has 42 heavy (non-hydrogen) atoms. The number of halogens is 3. The molecule has 216 valence electrons. The van der Waals surface area contributed by atoms with Crippen molar-refractivity contribution in [2.75, 3.05) is 13.7 Å². The van der Waals surface area contributed by atoms with Crippen molar-refractivity contribution in [1.29, 1.82) is 0 Å². The van der Waals surface area contributed by atoms with Crippen molar-refractivity contribution in [1.82, 2.24) is 4.57 Å². The van der Waals surface area contributed by atoms with Gasteiger partial charge in [-0.3, -0.25) is 9.36 Å². The molecule has 0 fully saturated rings. The zero-order chi connectivity index (χ0) is 30.0. The molecule has 5 rings (SSSR count). The minimum absolute atomic E-state index is 0.190. The van der Waals surface area contributed by atoms with Crippen LogP contribution in [0.1, 0.15) is 36.6 Å². The number of carbonyl (C=O) groups is 1. The third-order valence-electron chi connectivity index (χ3n) is 6.55. The van der Waals surface area contributed by atoms with Crippen molar-refractivity contribution < 1.29 is 19.0 Å². The average Bonchev–Trinajstić information content (AvgIpc) is 3.26. The predicted molar refractivity (Wildman–Crippen MR) is 166 cm³/mol. The molecule has 0 aliphatic carbocycles. The molecule has 0 saturated heterocycles. The van der Waals surface area contributed by atoms with Crippen LogP contribution in [0.3, 0.4) is 0 Å². The number of rotatable bonds is 8. The smallest absolute Gasteiger partial charge is 0.338 e. The molecule has 2 heterocycles. The van der Waals surface area contributed by atoms with Gasteiger partial charge in [-0.15, -0.1) is 0 Å². The second kappa shape index (κ2) is 12.8. The van der Waals surface area contributed by atoms with Gasteiger partial charge in [-0.2, -0.15) is 0 Å². The number of thiazole rings is 1. The van der Waals surface area contributed by atoms with Crippen molar-refractivity contribution in [2.45, 2.75) is 26.5 Å². The first-order valence-electron chi connectivity index (χ1n) is 12.9.